The summed E-state index contributed by atoms with van der Waals surface area (Å²) in [6.45, 7) is 3.92. The first-order valence-corrected chi connectivity index (χ1v) is 25.1. The van der Waals surface area contributed by atoms with Gasteiger partial charge in [-0.3, -0.25) is 28.8 Å². The fraction of sp³-hybridized carbons (Fsp3) is 0.368. The largest absolute Gasteiger partial charge is 0.332 e. The normalized spacial score (nSPS) is 16.8. The molecule has 1 aliphatic rings. The third-order valence-corrected chi connectivity index (χ3v) is 14.0. The van der Waals surface area contributed by atoms with Crippen LogP contribution in [0, 0.1) is 0 Å². The van der Waals surface area contributed by atoms with Gasteiger partial charge in [-0.25, -0.2) is 0 Å². The molecule has 0 radical (unpaired) electrons. The number of hydrogen-bond acceptors (Lipinski definition) is 9. The van der Waals surface area contributed by atoms with E-state index in [1.54, 1.807) is 0 Å². The molecule has 1 aliphatic heterocycles. The van der Waals surface area contributed by atoms with Crippen LogP contribution in [0.25, 0.3) is 32.3 Å². The molecule has 0 aliphatic carbocycles. The van der Waals surface area contributed by atoms with Gasteiger partial charge >= 0.3 is 0 Å². The Hall–Kier alpha value is -7.20. The number of nitrogens with zero attached hydrogens (tertiary/aromatic N) is 6. The van der Waals surface area contributed by atoms with Crippen LogP contribution >= 0.6 is 0 Å². The van der Waals surface area contributed by atoms with Crippen molar-refractivity contribution in [1.82, 2.24) is 29.4 Å². The molecule has 0 spiro atoms. The molecule has 6 aromatic rings. The molecule has 0 bridgehead atoms. The summed E-state index contributed by atoms with van der Waals surface area (Å²) in [5.74, 6) is -3.05. The molecule has 378 valence electrons. The Labute approximate surface area is 422 Å². The van der Waals surface area contributed by atoms with Gasteiger partial charge in [0.05, 0.1) is 37.8 Å². The van der Waals surface area contributed by atoms with Crippen LogP contribution in [0.5, 0.6) is 0 Å². The lowest BCUT2D eigenvalue weighted by atomic mass is 9.98. The van der Waals surface area contributed by atoms with Crippen LogP contribution in [0.4, 0.5) is 0 Å². The molecular formula is C57H69N9O6. The number of carbonyl (C=O) groups is 6. The van der Waals surface area contributed by atoms with Crippen LogP contribution in [-0.4, -0.2) is 143 Å². The predicted molar refractivity (Wildman–Crippen MR) is 283 cm³/mol. The molecule has 3 atom stereocenters. The first-order chi connectivity index (χ1) is 34.8. The van der Waals surface area contributed by atoms with Crippen LogP contribution in [-0.2, 0) is 28.8 Å². The Morgan fingerprint density at radius 2 is 0.597 bits per heavy atom. The number of carbonyl (C=O) groups excluding carboxylic acids is 6. The summed E-state index contributed by atoms with van der Waals surface area (Å²) in [5, 5.41) is 5.49. The lowest BCUT2D eigenvalue weighted by molar-refractivity contribution is -0.152. The summed E-state index contributed by atoms with van der Waals surface area (Å²) >= 11 is 0. The van der Waals surface area contributed by atoms with E-state index >= 15 is 14.4 Å². The molecule has 6 aromatic carbocycles. The van der Waals surface area contributed by atoms with Gasteiger partial charge in [0.25, 0.3) is 0 Å². The first kappa shape index (κ1) is 52.6. The van der Waals surface area contributed by atoms with E-state index in [-0.39, 0.29) is 39.3 Å². The second kappa shape index (κ2) is 24.8. The van der Waals surface area contributed by atoms with Gasteiger partial charge in [0, 0.05) is 19.6 Å². The first-order valence-electron chi connectivity index (χ1n) is 25.1. The Bertz CT molecular complexity index is 2570. The van der Waals surface area contributed by atoms with Gasteiger partial charge in [0.1, 0.15) is 19.6 Å². The highest BCUT2D eigenvalue weighted by Crippen LogP contribution is 2.32. The SMILES string of the molecule is C[C@@H](c1cccc2ccccc12)N1CC(=O)N(CCCN)CC(=O)N([C@@H](C)c2cccc3ccccc23)CC(=O)N(CCCN)CC(=O)N([C@@H](C)c2cccc3ccccc23)CC(=O)N(CCCN)CC1=O. The van der Waals surface area contributed by atoms with E-state index in [9.17, 15) is 14.4 Å². The van der Waals surface area contributed by atoms with Gasteiger partial charge in [-0.05, 0) is 109 Å². The quantitative estimate of drug-likeness (QED) is 0.115. The minimum Gasteiger partial charge on any atom is -0.332 e. The summed E-state index contributed by atoms with van der Waals surface area (Å²) in [4.78, 5) is 98.9. The molecule has 1 saturated heterocycles. The van der Waals surface area contributed by atoms with E-state index < -0.39 is 92.8 Å². The number of benzene rings is 6. The van der Waals surface area contributed by atoms with E-state index in [2.05, 4.69) is 0 Å². The lowest BCUT2D eigenvalue weighted by Gasteiger charge is -2.37. The molecule has 15 heteroatoms. The Balaban J connectivity index is 1.37. The minimum atomic E-state index is -0.680. The van der Waals surface area contributed by atoms with Crippen LogP contribution in [0.1, 0.15) is 74.8 Å². The monoisotopic (exact) mass is 976 g/mol. The molecule has 15 nitrogen and oxygen atoms in total. The number of amides is 6. The molecule has 72 heavy (non-hydrogen) atoms. The average Bonchev–Trinajstić information content (AvgIpc) is 3.40. The van der Waals surface area contributed by atoms with Gasteiger partial charge in [-0.15, -0.1) is 0 Å². The van der Waals surface area contributed by atoms with Gasteiger partial charge in [-0.2, -0.15) is 0 Å². The van der Waals surface area contributed by atoms with Crippen LogP contribution in [0.3, 0.4) is 0 Å². The standard InChI is InChI=1S/C57H69N9O6/c1-40(46-25-10-19-43-16-4-7-22-49(43)46)64-37-52(67)62(32-14-29-59)35-56(71)66(42(3)48-27-12-21-45-18-6-9-24-51(45)48)39-54(69)63(33-15-30-60)36-57(72)65(38-53(68)61(31-13-28-58)34-55(64)70)41(2)47-26-11-20-44-17-5-8-23-50(44)47/h4-12,16-27,40-42H,13-15,28-39,58-60H2,1-3H3/t40-,41-,42-/m0/s1. The molecule has 1 fully saturated rings. The topological polar surface area (TPSA) is 200 Å². The molecule has 0 aromatic heterocycles. The number of fused-ring (bicyclic) bond motifs is 3. The third kappa shape index (κ3) is 12.3. The van der Waals surface area contributed by atoms with Gasteiger partial charge in [0.15, 0.2) is 0 Å². The lowest BCUT2D eigenvalue weighted by Crippen LogP contribution is -2.54. The van der Waals surface area contributed by atoms with E-state index in [1.807, 2.05) is 148 Å². The third-order valence-electron chi connectivity index (χ3n) is 14.0. The minimum absolute atomic E-state index is 0.0964. The fourth-order valence-electron chi connectivity index (χ4n) is 9.89. The average molecular weight is 976 g/mol. The second-order valence-electron chi connectivity index (χ2n) is 18.7. The van der Waals surface area contributed by atoms with Crippen LogP contribution < -0.4 is 17.2 Å². The molecule has 7 rings (SSSR count). The molecule has 0 unspecified atom stereocenters. The van der Waals surface area contributed by atoms with E-state index in [1.165, 1.54) is 29.4 Å². The van der Waals surface area contributed by atoms with Crippen LogP contribution in [0.15, 0.2) is 127 Å². The van der Waals surface area contributed by atoms with Gasteiger partial charge < -0.3 is 46.6 Å². The van der Waals surface area contributed by atoms with Crippen LogP contribution in [0.2, 0.25) is 0 Å². The number of rotatable bonds is 15. The van der Waals surface area contributed by atoms with Gasteiger partial charge in [-0.1, -0.05) is 127 Å². The predicted octanol–water partition coefficient (Wildman–Crippen LogP) is 5.76. The smallest absolute Gasteiger partial charge is 0.243 e. The van der Waals surface area contributed by atoms with Crippen molar-refractivity contribution in [2.75, 3.05) is 78.5 Å². The Morgan fingerprint density at radius 3 is 0.861 bits per heavy atom. The Kier molecular flexibility index (Phi) is 18.1. The highest BCUT2D eigenvalue weighted by molar-refractivity contribution is 5.96. The maximum Gasteiger partial charge on any atom is 0.243 e. The highest BCUT2D eigenvalue weighted by Gasteiger charge is 2.36. The molecule has 6 N–H and O–H groups in total. The number of nitrogens with two attached hydrogens (primary N) is 3. The van der Waals surface area contributed by atoms with E-state index in [4.69, 9.17) is 17.2 Å². The second-order valence-corrected chi connectivity index (χ2v) is 18.7. The van der Waals surface area contributed by atoms with Crippen molar-refractivity contribution in [2.24, 2.45) is 17.2 Å². The van der Waals surface area contributed by atoms with Gasteiger partial charge in [0.2, 0.25) is 35.4 Å². The van der Waals surface area contributed by atoms with E-state index in [0.29, 0.717) is 19.3 Å². The maximum absolute atomic E-state index is 15.1. The zero-order chi connectivity index (χ0) is 51.3. The molecule has 6 amide bonds. The molecular weight excluding hydrogens is 907 g/mol. The van der Waals surface area contributed by atoms with Crippen molar-refractivity contribution in [2.45, 2.75) is 58.2 Å². The molecule has 1 heterocycles. The van der Waals surface area contributed by atoms with Crippen molar-refractivity contribution >= 4 is 67.8 Å². The van der Waals surface area contributed by atoms with E-state index in [0.717, 1.165) is 49.0 Å². The molecule has 0 saturated carbocycles. The van der Waals surface area contributed by atoms with Crippen molar-refractivity contribution in [3.8, 4) is 0 Å². The highest BCUT2D eigenvalue weighted by atomic mass is 16.2. The summed E-state index contributed by atoms with van der Waals surface area (Å²) < 4.78 is 0. The summed E-state index contributed by atoms with van der Waals surface area (Å²) in [7, 11) is 0. The van der Waals surface area contributed by atoms with Crippen molar-refractivity contribution in [3.05, 3.63) is 144 Å². The number of hydrogen-bond donors (Lipinski definition) is 3. The van der Waals surface area contributed by atoms with Crippen molar-refractivity contribution in [1.29, 1.82) is 0 Å². The Morgan fingerprint density at radius 1 is 0.347 bits per heavy atom. The zero-order valence-corrected chi connectivity index (χ0v) is 41.8. The van der Waals surface area contributed by atoms with Crippen molar-refractivity contribution < 1.29 is 28.8 Å². The van der Waals surface area contributed by atoms with Crippen molar-refractivity contribution in [3.63, 3.8) is 0 Å². The summed E-state index contributed by atoms with van der Waals surface area (Å²) in [5.41, 5.74) is 20.4. The zero-order valence-electron chi connectivity index (χ0n) is 41.8. The summed E-state index contributed by atoms with van der Waals surface area (Å²) in [6.07, 6.45) is 1.06. The fourth-order valence-corrected chi connectivity index (χ4v) is 9.89. The summed E-state index contributed by atoms with van der Waals surface area (Å²) in [6, 6.07) is 38.7. The maximum atomic E-state index is 15.1.